The van der Waals surface area contributed by atoms with Crippen LogP contribution in [0.1, 0.15) is 11.6 Å². The van der Waals surface area contributed by atoms with Crippen molar-refractivity contribution in [3.8, 4) is 11.5 Å². The van der Waals surface area contributed by atoms with Crippen molar-refractivity contribution < 1.29 is 14.2 Å². The van der Waals surface area contributed by atoms with Crippen molar-refractivity contribution in [3.05, 3.63) is 22.7 Å². The number of methoxy groups -OCH3 is 1. The molecule has 19 heavy (non-hydrogen) atoms. The van der Waals surface area contributed by atoms with E-state index >= 15 is 0 Å². The molecule has 0 aliphatic carbocycles. The van der Waals surface area contributed by atoms with Gasteiger partial charge < -0.3 is 15.2 Å². The van der Waals surface area contributed by atoms with E-state index in [9.17, 15) is 9.50 Å². The molecule has 2 N–H and O–H groups in total. The molecule has 0 radical (unpaired) electrons. The SMILES string of the molecule is COc1ccc(Cl)c(O)c1[C@@H](CF)N1CCNCC1. The highest BCUT2D eigenvalue weighted by Gasteiger charge is 2.28. The van der Waals surface area contributed by atoms with Gasteiger partial charge in [0.25, 0.3) is 0 Å². The van der Waals surface area contributed by atoms with Gasteiger partial charge in [0.15, 0.2) is 0 Å². The summed E-state index contributed by atoms with van der Waals surface area (Å²) in [5, 5.41) is 13.5. The molecule has 0 unspecified atom stereocenters. The molecule has 1 atom stereocenters. The lowest BCUT2D eigenvalue weighted by molar-refractivity contribution is 0.142. The third-order valence-electron chi connectivity index (χ3n) is 3.42. The van der Waals surface area contributed by atoms with Gasteiger partial charge in [-0.05, 0) is 12.1 Å². The van der Waals surface area contributed by atoms with Crippen LogP contribution in [0.3, 0.4) is 0 Å². The maximum absolute atomic E-state index is 13.5. The lowest BCUT2D eigenvalue weighted by Gasteiger charge is -2.34. The van der Waals surface area contributed by atoms with Crippen LogP contribution < -0.4 is 10.1 Å². The van der Waals surface area contributed by atoms with E-state index < -0.39 is 12.7 Å². The number of alkyl halides is 1. The highest BCUT2D eigenvalue weighted by atomic mass is 35.5. The molecular weight excluding hydrogens is 271 g/mol. The summed E-state index contributed by atoms with van der Waals surface area (Å²) >= 11 is 5.92. The van der Waals surface area contributed by atoms with Gasteiger partial charge in [0, 0.05) is 26.2 Å². The number of benzene rings is 1. The molecule has 0 amide bonds. The Labute approximate surface area is 117 Å². The molecule has 0 saturated carbocycles. The molecule has 106 valence electrons. The number of phenolic OH excluding ortho intramolecular Hbond substituents is 1. The molecular formula is C13H18ClFN2O2. The maximum Gasteiger partial charge on any atom is 0.142 e. The number of ether oxygens (including phenoxy) is 1. The van der Waals surface area contributed by atoms with Crippen molar-refractivity contribution in [2.75, 3.05) is 40.0 Å². The van der Waals surface area contributed by atoms with Crippen LogP contribution in [0, 0.1) is 0 Å². The molecule has 1 aromatic rings. The fourth-order valence-electron chi connectivity index (χ4n) is 2.41. The Bertz CT molecular complexity index is 439. The van der Waals surface area contributed by atoms with E-state index in [1.54, 1.807) is 12.1 Å². The number of hydrogen-bond acceptors (Lipinski definition) is 4. The Kier molecular flexibility index (Phi) is 4.85. The Morgan fingerprint density at radius 2 is 2.16 bits per heavy atom. The van der Waals surface area contributed by atoms with Crippen molar-refractivity contribution in [2.45, 2.75) is 6.04 Å². The molecule has 0 aromatic heterocycles. The van der Waals surface area contributed by atoms with Gasteiger partial charge in [-0.3, -0.25) is 4.90 Å². The van der Waals surface area contributed by atoms with Gasteiger partial charge in [0.2, 0.25) is 0 Å². The van der Waals surface area contributed by atoms with E-state index in [-0.39, 0.29) is 10.8 Å². The van der Waals surface area contributed by atoms with Crippen LogP contribution in [0.4, 0.5) is 4.39 Å². The average molecular weight is 289 g/mol. The number of nitrogens with zero attached hydrogens (tertiary/aromatic N) is 1. The summed E-state index contributed by atoms with van der Waals surface area (Å²) in [5.41, 5.74) is 0.430. The first kappa shape index (κ1) is 14.4. The van der Waals surface area contributed by atoms with Crippen LogP contribution in [-0.2, 0) is 0 Å². The second-order valence-electron chi connectivity index (χ2n) is 4.47. The molecule has 1 aliphatic rings. The molecule has 2 rings (SSSR count). The zero-order valence-corrected chi connectivity index (χ0v) is 11.6. The highest BCUT2D eigenvalue weighted by Crippen LogP contribution is 2.41. The molecule has 1 saturated heterocycles. The summed E-state index contributed by atoms with van der Waals surface area (Å²) in [6, 6.07) is 2.67. The van der Waals surface area contributed by atoms with Crippen LogP contribution >= 0.6 is 11.6 Å². The number of hydrogen-bond donors (Lipinski definition) is 2. The zero-order valence-electron chi connectivity index (χ0n) is 10.8. The van der Waals surface area contributed by atoms with E-state index in [1.807, 2.05) is 4.90 Å². The van der Waals surface area contributed by atoms with Crippen molar-refractivity contribution in [1.29, 1.82) is 0 Å². The first-order chi connectivity index (χ1) is 9.19. The number of halogens is 2. The summed E-state index contributed by atoms with van der Waals surface area (Å²) < 4.78 is 18.7. The summed E-state index contributed by atoms with van der Waals surface area (Å²) in [7, 11) is 1.50. The van der Waals surface area contributed by atoms with Gasteiger partial charge in [-0.1, -0.05) is 11.6 Å². The number of phenols is 1. The van der Waals surface area contributed by atoms with Crippen LogP contribution in [0.15, 0.2) is 12.1 Å². The van der Waals surface area contributed by atoms with E-state index in [0.717, 1.165) is 26.2 Å². The third-order valence-corrected chi connectivity index (χ3v) is 3.72. The first-order valence-electron chi connectivity index (χ1n) is 6.25. The van der Waals surface area contributed by atoms with Gasteiger partial charge in [0.05, 0.1) is 23.7 Å². The summed E-state index contributed by atoms with van der Waals surface area (Å²) in [6.45, 7) is 2.47. The van der Waals surface area contributed by atoms with Crippen LogP contribution in [0.2, 0.25) is 5.02 Å². The molecule has 1 aliphatic heterocycles. The second-order valence-corrected chi connectivity index (χ2v) is 4.88. The van der Waals surface area contributed by atoms with E-state index in [4.69, 9.17) is 16.3 Å². The molecule has 1 heterocycles. The fraction of sp³-hybridized carbons (Fsp3) is 0.538. The molecule has 0 spiro atoms. The number of rotatable bonds is 4. The second kappa shape index (κ2) is 6.41. The van der Waals surface area contributed by atoms with Gasteiger partial charge in [-0.2, -0.15) is 0 Å². The van der Waals surface area contributed by atoms with Gasteiger partial charge in [-0.15, -0.1) is 0 Å². The molecule has 4 nitrogen and oxygen atoms in total. The minimum atomic E-state index is -0.593. The summed E-state index contributed by atoms with van der Waals surface area (Å²) in [6.07, 6.45) is 0. The Balaban J connectivity index is 2.38. The monoisotopic (exact) mass is 288 g/mol. The highest BCUT2D eigenvalue weighted by molar-refractivity contribution is 6.32. The number of aromatic hydroxyl groups is 1. The van der Waals surface area contributed by atoms with E-state index in [2.05, 4.69) is 5.32 Å². The third kappa shape index (κ3) is 2.94. The summed E-state index contributed by atoms with van der Waals surface area (Å²) in [5.74, 6) is 0.366. The normalized spacial score (nSPS) is 18.3. The quantitative estimate of drug-likeness (QED) is 0.889. The number of piperazine rings is 1. The zero-order chi connectivity index (χ0) is 13.8. The predicted molar refractivity (Wildman–Crippen MR) is 72.8 cm³/mol. The minimum Gasteiger partial charge on any atom is -0.506 e. The van der Waals surface area contributed by atoms with E-state index in [1.165, 1.54) is 7.11 Å². The Morgan fingerprint density at radius 3 is 2.74 bits per heavy atom. The van der Waals surface area contributed by atoms with Crippen molar-refractivity contribution in [1.82, 2.24) is 10.2 Å². The largest absolute Gasteiger partial charge is 0.506 e. The van der Waals surface area contributed by atoms with Gasteiger partial charge in [0.1, 0.15) is 18.2 Å². The first-order valence-corrected chi connectivity index (χ1v) is 6.63. The Morgan fingerprint density at radius 1 is 1.47 bits per heavy atom. The van der Waals surface area contributed by atoms with Gasteiger partial charge in [-0.25, -0.2) is 4.39 Å². The molecule has 6 heteroatoms. The van der Waals surface area contributed by atoms with Crippen LogP contribution in [-0.4, -0.2) is 50.0 Å². The Hall–Kier alpha value is -1.04. The van der Waals surface area contributed by atoms with Crippen LogP contribution in [0.5, 0.6) is 11.5 Å². The lowest BCUT2D eigenvalue weighted by atomic mass is 10.0. The predicted octanol–water partition coefficient (Wildman–Crippen LogP) is 1.97. The lowest BCUT2D eigenvalue weighted by Crippen LogP contribution is -2.45. The average Bonchev–Trinajstić information content (AvgIpc) is 2.45. The van der Waals surface area contributed by atoms with E-state index in [0.29, 0.717) is 11.3 Å². The minimum absolute atomic E-state index is 0.0952. The van der Waals surface area contributed by atoms with Crippen molar-refractivity contribution in [3.63, 3.8) is 0 Å². The smallest absolute Gasteiger partial charge is 0.142 e. The van der Waals surface area contributed by atoms with Crippen LogP contribution in [0.25, 0.3) is 0 Å². The fourth-order valence-corrected chi connectivity index (χ4v) is 2.58. The maximum atomic E-state index is 13.5. The van der Waals surface area contributed by atoms with Crippen molar-refractivity contribution in [2.24, 2.45) is 0 Å². The van der Waals surface area contributed by atoms with Crippen molar-refractivity contribution >= 4 is 11.6 Å². The summed E-state index contributed by atoms with van der Waals surface area (Å²) in [4.78, 5) is 1.99. The molecule has 1 aromatic carbocycles. The van der Waals surface area contributed by atoms with Gasteiger partial charge >= 0.3 is 0 Å². The molecule has 1 fully saturated rings. The molecule has 0 bridgehead atoms. The number of nitrogens with one attached hydrogen (secondary N) is 1. The topological polar surface area (TPSA) is 44.7 Å². The standard InChI is InChI=1S/C13H18ClFN2O2/c1-19-11-3-2-9(14)13(18)12(11)10(8-15)17-6-4-16-5-7-17/h2-3,10,16,18H,4-8H2,1H3/t10-/m1/s1.